The molecule has 0 spiro atoms. The maximum absolute atomic E-state index is 9.09. The lowest BCUT2D eigenvalue weighted by molar-refractivity contribution is 0.454. The molecule has 0 saturated heterocycles. The predicted octanol–water partition coefficient (Wildman–Crippen LogP) is 2.45. The number of phenols is 1. The van der Waals surface area contributed by atoms with Gasteiger partial charge in [0, 0.05) is 12.3 Å². The fourth-order valence-corrected chi connectivity index (χ4v) is 1.17. The van der Waals surface area contributed by atoms with Gasteiger partial charge in [-0.1, -0.05) is 0 Å². The van der Waals surface area contributed by atoms with Gasteiger partial charge in [-0.3, -0.25) is 0 Å². The highest BCUT2D eigenvalue weighted by atomic mass is 16.5. The molecule has 1 aromatic carbocycles. The summed E-state index contributed by atoms with van der Waals surface area (Å²) in [6.45, 7) is 0. The molecule has 0 aliphatic rings. The molecule has 0 aliphatic heterocycles. The van der Waals surface area contributed by atoms with Crippen molar-refractivity contribution in [2.24, 2.45) is 0 Å². The van der Waals surface area contributed by atoms with Gasteiger partial charge in [0.25, 0.3) is 0 Å². The lowest BCUT2D eigenvalue weighted by Crippen LogP contribution is -1.87. The Balaban J connectivity index is 2.21. The largest absolute Gasteiger partial charge is 0.508 e. The maximum atomic E-state index is 9.09. The van der Waals surface area contributed by atoms with E-state index in [1.165, 1.54) is 18.3 Å². The van der Waals surface area contributed by atoms with Gasteiger partial charge in [-0.2, -0.15) is 5.26 Å². The molecular weight excluding hydrogens is 204 g/mol. The molecule has 4 nitrogen and oxygen atoms in total. The number of hydrogen-bond acceptors (Lipinski definition) is 4. The summed E-state index contributed by atoms with van der Waals surface area (Å²) in [6.07, 6.45) is 1.51. The van der Waals surface area contributed by atoms with Crippen LogP contribution < -0.4 is 4.74 Å². The Labute approximate surface area is 92.4 Å². The van der Waals surface area contributed by atoms with Crippen LogP contribution in [0.1, 0.15) is 5.56 Å². The van der Waals surface area contributed by atoms with Gasteiger partial charge in [-0.15, -0.1) is 0 Å². The van der Waals surface area contributed by atoms with Crippen LogP contribution in [0.4, 0.5) is 0 Å². The first kappa shape index (κ1) is 9.99. The fourth-order valence-electron chi connectivity index (χ4n) is 1.17. The maximum Gasteiger partial charge on any atom is 0.220 e. The summed E-state index contributed by atoms with van der Waals surface area (Å²) in [6, 6.07) is 11.4. The minimum absolute atomic E-state index is 0.172. The van der Waals surface area contributed by atoms with E-state index >= 15 is 0 Å². The van der Waals surface area contributed by atoms with Gasteiger partial charge in [-0.05, 0) is 30.3 Å². The fraction of sp³-hybridized carbons (Fsp3) is 0. The molecule has 2 aromatic rings. The molecule has 0 fully saturated rings. The zero-order valence-electron chi connectivity index (χ0n) is 8.29. The highest BCUT2D eigenvalue weighted by molar-refractivity contribution is 5.36. The lowest BCUT2D eigenvalue weighted by atomic mass is 10.3. The molecule has 0 bridgehead atoms. The third-order valence-corrected chi connectivity index (χ3v) is 1.92. The number of aromatic hydroxyl groups is 1. The topological polar surface area (TPSA) is 66.1 Å². The number of hydrogen-bond donors (Lipinski definition) is 1. The van der Waals surface area contributed by atoms with Crippen molar-refractivity contribution >= 4 is 0 Å². The van der Waals surface area contributed by atoms with Crippen molar-refractivity contribution in [1.82, 2.24) is 4.98 Å². The van der Waals surface area contributed by atoms with Crippen LogP contribution in [0.5, 0.6) is 17.4 Å². The van der Waals surface area contributed by atoms with Crippen LogP contribution in [-0.2, 0) is 0 Å². The van der Waals surface area contributed by atoms with Crippen molar-refractivity contribution in [3.63, 3.8) is 0 Å². The zero-order valence-corrected chi connectivity index (χ0v) is 8.29. The lowest BCUT2D eigenvalue weighted by Gasteiger charge is -2.04. The number of nitriles is 1. The van der Waals surface area contributed by atoms with Gasteiger partial charge < -0.3 is 9.84 Å². The molecule has 0 aliphatic carbocycles. The van der Waals surface area contributed by atoms with Crippen LogP contribution >= 0.6 is 0 Å². The van der Waals surface area contributed by atoms with E-state index in [1.54, 1.807) is 24.3 Å². The first-order valence-electron chi connectivity index (χ1n) is 4.61. The van der Waals surface area contributed by atoms with Gasteiger partial charge in [0.15, 0.2) is 0 Å². The number of aromatic nitrogens is 1. The van der Waals surface area contributed by atoms with Crippen LogP contribution in [0.2, 0.25) is 0 Å². The van der Waals surface area contributed by atoms with Crippen LogP contribution in [0.15, 0.2) is 42.6 Å². The van der Waals surface area contributed by atoms with Gasteiger partial charge >= 0.3 is 0 Å². The van der Waals surface area contributed by atoms with Crippen molar-refractivity contribution in [3.05, 3.63) is 48.2 Å². The van der Waals surface area contributed by atoms with Crippen molar-refractivity contribution in [1.29, 1.82) is 5.26 Å². The summed E-state index contributed by atoms with van der Waals surface area (Å²) in [4.78, 5) is 3.97. The minimum atomic E-state index is 0.172. The first-order valence-corrected chi connectivity index (χ1v) is 4.61. The Bertz CT molecular complexity index is 529. The molecule has 4 heteroatoms. The summed E-state index contributed by atoms with van der Waals surface area (Å²) in [5.74, 6) is 1.08. The summed E-state index contributed by atoms with van der Waals surface area (Å²) in [5, 5.41) is 17.8. The molecule has 1 aromatic heterocycles. The number of rotatable bonds is 2. The van der Waals surface area contributed by atoms with E-state index in [1.807, 2.05) is 6.07 Å². The van der Waals surface area contributed by atoms with E-state index in [0.717, 1.165) is 0 Å². The average molecular weight is 212 g/mol. The summed E-state index contributed by atoms with van der Waals surface area (Å²) in [5.41, 5.74) is 0.490. The molecule has 0 radical (unpaired) electrons. The Hall–Kier alpha value is -2.54. The molecular formula is C12H8N2O2. The summed E-state index contributed by atoms with van der Waals surface area (Å²) >= 11 is 0. The highest BCUT2D eigenvalue weighted by Crippen LogP contribution is 2.21. The van der Waals surface area contributed by atoms with Gasteiger partial charge in [-0.25, -0.2) is 4.98 Å². The zero-order chi connectivity index (χ0) is 11.4. The molecule has 0 atom stereocenters. The van der Waals surface area contributed by atoms with Gasteiger partial charge in [0.1, 0.15) is 11.5 Å². The Kier molecular flexibility index (Phi) is 2.70. The van der Waals surface area contributed by atoms with E-state index in [4.69, 9.17) is 15.1 Å². The number of phenolic OH excluding ortho intramolecular Hbond substituents is 1. The normalized spacial score (nSPS) is 9.44. The van der Waals surface area contributed by atoms with Crippen LogP contribution in [-0.4, -0.2) is 10.1 Å². The summed E-state index contributed by atoms with van der Waals surface area (Å²) in [7, 11) is 0. The number of pyridine rings is 1. The first-order chi connectivity index (χ1) is 7.78. The van der Waals surface area contributed by atoms with E-state index in [2.05, 4.69) is 4.98 Å². The average Bonchev–Trinajstić information content (AvgIpc) is 2.32. The van der Waals surface area contributed by atoms with Crippen molar-refractivity contribution in [2.45, 2.75) is 0 Å². The van der Waals surface area contributed by atoms with Gasteiger partial charge in [0.2, 0.25) is 5.88 Å². The van der Waals surface area contributed by atoms with Gasteiger partial charge in [0.05, 0.1) is 11.6 Å². The number of ether oxygens (including phenoxy) is 1. The Morgan fingerprint density at radius 3 is 2.62 bits per heavy atom. The van der Waals surface area contributed by atoms with E-state index < -0.39 is 0 Å². The quantitative estimate of drug-likeness (QED) is 0.830. The van der Waals surface area contributed by atoms with Crippen molar-refractivity contribution < 1.29 is 9.84 Å². The smallest absolute Gasteiger partial charge is 0.220 e. The second-order valence-electron chi connectivity index (χ2n) is 3.09. The molecule has 2 rings (SSSR count). The monoisotopic (exact) mass is 212 g/mol. The Morgan fingerprint density at radius 1 is 1.19 bits per heavy atom. The second-order valence-corrected chi connectivity index (χ2v) is 3.09. The van der Waals surface area contributed by atoms with E-state index in [9.17, 15) is 0 Å². The van der Waals surface area contributed by atoms with E-state index in [0.29, 0.717) is 17.2 Å². The van der Waals surface area contributed by atoms with Crippen molar-refractivity contribution in [3.8, 4) is 23.4 Å². The number of nitrogens with zero attached hydrogens (tertiary/aromatic N) is 2. The van der Waals surface area contributed by atoms with E-state index in [-0.39, 0.29) is 5.75 Å². The third-order valence-electron chi connectivity index (χ3n) is 1.92. The number of benzene rings is 1. The standard InChI is InChI=1S/C12H8N2O2/c13-8-9-5-6-14-12(7-9)16-11-3-1-10(15)2-4-11/h1-7,15H. The molecule has 0 unspecified atom stereocenters. The molecule has 1 heterocycles. The van der Waals surface area contributed by atoms with Crippen LogP contribution in [0, 0.1) is 11.3 Å². The Morgan fingerprint density at radius 2 is 1.94 bits per heavy atom. The molecule has 0 saturated carbocycles. The van der Waals surface area contributed by atoms with Crippen molar-refractivity contribution in [2.75, 3.05) is 0 Å². The predicted molar refractivity (Wildman–Crippen MR) is 57.1 cm³/mol. The minimum Gasteiger partial charge on any atom is -0.508 e. The summed E-state index contributed by atoms with van der Waals surface area (Å²) < 4.78 is 5.40. The molecule has 16 heavy (non-hydrogen) atoms. The SMILES string of the molecule is N#Cc1ccnc(Oc2ccc(O)cc2)c1. The molecule has 0 amide bonds. The molecule has 78 valence electrons. The second kappa shape index (κ2) is 4.32. The third kappa shape index (κ3) is 2.28. The van der Waals surface area contributed by atoms with Crippen LogP contribution in [0.3, 0.4) is 0 Å². The highest BCUT2D eigenvalue weighted by Gasteiger charge is 1.99. The van der Waals surface area contributed by atoms with Crippen LogP contribution in [0.25, 0.3) is 0 Å². The molecule has 1 N–H and O–H groups in total.